The second-order valence-corrected chi connectivity index (χ2v) is 4.83. The summed E-state index contributed by atoms with van der Waals surface area (Å²) in [6.07, 6.45) is 2.02. The molecule has 1 unspecified atom stereocenters. The lowest BCUT2D eigenvalue weighted by Crippen LogP contribution is -2.41. The molecule has 1 fully saturated rings. The summed E-state index contributed by atoms with van der Waals surface area (Å²) in [4.78, 5) is 13.7. The highest BCUT2D eigenvalue weighted by atomic mass is 79.9. The van der Waals surface area contributed by atoms with Crippen molar-refractivity contribution in [1.82, 2.24) is 10.2 Å². The summed E-state index contributed by atoms with van der Waals surface area (Å²) in [7, 11) is 1.80. The van der Waals surface area contributed by atoms with Crippen molar-refractivity contribution in [2.75, 3.05) is 13.6 Å². The molecule has 17 heavy (non-hydrogen) atoms. The zero-order valence-electron chi connectivity index (χ0n) is 9.61. The molecule has 1 N–H and O–H groups in total. The fourth-order valence-corrected chi connectivity index (χ4v) is 2.25. The summed E-state index contributed by atoms with van der Waals surface area (Å²) in [6, 6.07) is 3.70. The first-order valence-corrected chi connectivity index (χ1v) is 6.18. The van der Waals surface area contributed by atoms with Gasteiger partial charge in [0.15, 0.2) is 4.67 Å². The molecule has 0 saturated carbocycles. The predicted molar refractivity (Wildman–Crippen MR) is 71.2 cm³/mol. The topological polar surface area (TPSA) is 45.5 Å². The van der Waals surface area contributed by atoms with Crippen molar-refractivity contribution < 1.29 is 9.21 Å². The number of halogens is 2. The van der Waals surface area contributed by atoms with Gasteiger partial charge in [-0.25, -0.2) is 0 Å². The minimum Gasteiger partial charge on any atom is -0.452 e. The van der Waals surface area contributed by atoms with E-state index in [1.807, 2.05) is 12.1 Å². The number of likely N-dealkylation sites (N-methyl/N-ethyl adjacent to an activating group) is 1. The van der Waals surface area contributed by atoms with Crippen molar-refractivity contribution in [2.24, 2.45) is 0 Å². The van der Waals surface area contributed by atoms with Gasteiger partial charge >= 0.3 is 0 Å². The van der Waals surface area contributed by atoms with Crippen LogP contribution >= 0.6 is 28.3 Å². The van der Waals surface area contributed by atoms with Gasteiger partial charge in [0.1, 0.15) is 5.76 Å². The molecule has 1 aromatic heterocycles. The quantitative estimate of drug-likeness (QED) is 0.927. The molecule has 0 bridgehead atoms. The van der Waals surface area contributed by atoms with E-state index in [4.69, 9.17) is 4.42 Å². The van der Waals surface area contributed by atoms with E-state index in [1.165, 1.54) is 0 Å². The van der Waals surface area contributed by atoms with Crippen LogP contribution in [0.4, 0.5) is 0 Å². The first kappa shape index (κ1) is 14.5. The highest BCUT2D eigenvalue weighted by Crippen LogP contribution is 2.16. The lowest BCUT2D eigenvalue weighted by molar-refractivity contribution is -0.132. The molecule has 1 aliphatic rings. The van der Waals surface area contributed by atoms with Gasteiger partial charge in [-0.2, -0.15) is 0 Å². The lowest BCUT2D eigenvalue weighted by atomic mass is 10.2. The maximum absolute atomic E-state index is 12.0. The summed E-state index contributed by atoms with van der Waals surface area (Å²) < 4.78 is 6.07. The van der Waals surface area contributed by atoms with Gasteiger partial charge in [-0.3, -0.25) is 4.79 Å². The number of rotatable bonds is 3. The largest absolute Gasteiger partial charge is 0.452 e. The van der Waals surface area contributed by atoms with Gasteiger partial charge in [0, 0.05) is 7.05 Å². The Balaban J connectivity index is 0.00000144. The number of hydrogen-bond donors (Lipinski definition) is 1. The van der Waals surface area contributed by atoms with Crippen LogP contribution in [0.2, 0.25) is 0 Å². The highest BCUT2D eigenvalue weighted by Gasteiger charge is 2.25. The van der Waals surface area contributed by atoms with Crippen molar-refractivity contribution in [3.8, 4) is 0 Å². The van der Waals surface area contributed by atoms with Crippen molar-refractivity contribution >= 4 is 34.2 Å². The maximum Gasteiger partial charge on any atom is 0.239 e. The summed E-state index contributed by atoms with van der Waals surface area (Å²) >= 11 is 3.24. The Kier molecular flexibility index (Phi) is 5.49. The van der Waals surface area contributed by atoms with Crippen LogP contribution in [-0.4, -0.2) is 30.4 Å². The van der Waals surface area contributed by atoms with E-state index in [0.717, 1.165) is 25.1 Å². The number of amides is 1. The molecule has 1 saturated heterocycles. The van der Waals surface area contributed by atoms with E-state index < -0.39 is 0 Å². The fraction of sp³-hybridized carbons (Fsp3) is 0.545. The average molecular weight is 324 g/mol. The predicted octanol–water partition coefficient (Wildman–Crippen LogP) is 2.17. The van der Waals surface area contributed by atoms with E-state index in [-0.39, 0.29) is 24.4 Å². The zero-order valence-corrected chi connectivity index (χ0v) is 12.0. The van der Waals surface area contributed by atoms with Gasteiger partial charge in [-0.15, -0.1) is 12.4 Å². The number of carbonyl (C=O) groups excluding carboxylic acids is 1. The van der Waals surface area contributed by atoms with Gasteiger partial charge in [-0.1, -0.05) is 0 Å². The van der Waals surface area contributed by atoms with Crippen LogP contribution in [0.25, 0.3) is 0 Å². The minimum atomic E-state index is -0.0107. The Bertz CT molecular complexity index is 377. The summed E-state index contributed by atoms with van der Waals surface area (Å²) in [5.41, 5.74) is 0. The zero-order chi connectivity index (χ0) is 11.5. The van der Waals surface area contributed by atoms with Crippen LogP contribution in [0.1, 0.15) is 18.6 Å². The molecule has 2 rings (SSSR count). The number of nitrogens with zero attached hydrogens (tertiary/aromatic N) is 1. The summed E-state index contributed by atoms with van der Waals surface area (Å²) in [5.74, 6) is 0.936. The van der Waals surface area contributed by atoms with Crippen LogP contribution in [0.15, 0.2) is 21.2 Å². The molecule has 0 spiro atoms. The van der Waals surface area contributed by atoms with Gasteiger partial charge < -0.3 is 14.6 Å². The standard InChI is InChI=1S/C11H15BrN2O2.ClH/c1-14(7-8-4-5-10(12)16-8)11(15)9-3-2-6-13-9;/h4-5,9,13H,2-3,6-7H2,1H3;1H. The lowest BCUT2D eigenvalue weighted by Gasteiger charge is -2.19. The second-order valence-electron chi connectivity index (χ2n) is 4.05. The van der Waals surface area contributed by atoms with Crippen molar-refractivity contribution in [2.45, 2.75) is 25.4 Å². The fourth-order valence-electron chi connectivity index (χ4n) is 1.91. The number of furan rings is 1. The molecule has 6 heteroatoms. The Morgan fingerprint density at radius 1 is 1.65 bits per heavy atom. The molecule has 1 aliphatic heterocycles. The van der Waals surface area contributed by atoms with E-state index in [9.17, 15) is 4.79 Å². The Hall–Kier alpha value is -0.520. The monoisotopic (exact) mass is 322 g/mol. The van der Waals surface area contributed by atoms with Crippen molar-refractivity contribution in [3.05, 3.63) is 22.6 Å². The Morgan fingerprint density at radius 3 is 2.94 bits per heavy atom. The highest BCUT2D eigenvalue weighted by molar-refractivity contribution is 9.10. The number of hydrogen-bond acceptors (Lipinski definition) is 3. The Labute approximate surface area is 115 Å². The molecular formula is C11H16BrClN2O2. The van der Waals surface area contributed by atoms with Crippen LogP contribution in [0.3, 0.4) is 0 Å². The third kappa shape index (κ3) is 3.72. The smallest absolute Gasteiger partial charge is 0.239 e. The molecule has 0 aliphatic carbocycles. The van der Waals surface area contributed by atoms with Gasteiger partial charge in [0.25, 0.3) is 0 Å². The molecule has 2 heterocycles. The third-order valence-electron chi connectivity index (χ3n) is 2.76. The van der Waals surface area contributed by atoms with Crippen molar-refractivity contribution in [1.29, 1.82) is 0 Å². The average Bonchev–Trinajstić information content (AvgIpc) is 2.88. The van der Waals surface area contributed by atoms with Crippen molar-refractivity contribution in [3.63, 3.8) is 0 Å². The Morgan fingerprint density at radius 2 is 2.41 bits per heavy atom. The van der Waals surface area contributed by atoms with Crippen LogP contribution in [0.5, 0.6) is 0 Å². The number of carbonyl (C=O) groups is 1. The van der Waals surface area contributed by atoms with E-state index >= 15 is 0 Å². The molecule has 0 aromatic carbocycles. The molecule has 1 atom stereocenters. The SMILES string of the molecule is CN(Cc1ccc(Br)o1)C(=O)C1CCCN1.Cl. The third-order valence-corrected chi connectivity index (χ3v) is 3.18. The molecule has 1 amide bonds. The number of nitrogens with one attached hydrogen (secondary N) is 1. The van der Waals surface area contributed by atoms with Crippen LogP contribution in [0, 0.1) is 0 Å². The van der Waals surface area contributed by atoms with Crippen LogP contribution < -0.4 is 5.32 Å². The molecular weight excluding hydrogens is 307 g/mol. The second kappa shape index (κ2) is 6.42. The van der Waals surface area contributed by atoms with E-state index in [1.54, 1.807) is 11.9 Å². The molecule has 4 nitrogen and oxygen atoms in total. The summed E-state index contributed by atoms with van der Waals surface area (Å²) in [5, 5.41) is 3.20. The normalized spacial score (nSPS) is 18.8. The van der Waals surface area contributed by atoms with E-state index in [2.05, 4.69) is 21.2 Å². The first-order valence-electron chi connectivity index (χ1n) is 5.39. The molecule has 0 radical (unpaired) electrons. The minimum absolute atomic E-state index is 0. The van der Waals surface area contributed by atoms with E-state index in [0.29, 0.717) is 11.2 Å². The van der Waals surface area contributed by atoms with Gasteiger partial charge in [0.05, 0.1) is 12.6 Å². The first-order chi connectivity index (χ1) is 7.66. The summed E-state index contributed by atoms with van der Waals surface area (Å²) in [6.45, 7) is 1.46. The van der Waals surface area contributed by atoms with Gasteiger partial charge in [0.2, 0.25) is 5.91 Å². The molecule has 1 aromatic rings. The molecule has 96 valence electrons. The van der Waals surface area contributed by atoms with Gasteiger partial charge in [-0.05, 0) is 47.4 Å². The van der Waals surface area contributed by atoms with Crippen LogP contribution in [-0.2, 0) is 11.3 Å². The maximum atomic E-state index is 12.0.